The summed E-state index contributed by atoms with van der Waals surface area (Å²) in [5, 5.41) is 12.3. The summed E-state index contributed by atoms with van der Waals surface area (Å²) in [4.78, 5) is 28.1. The predicted octanol–water partition coefficient (Wildman–Crippen LogP) is 1.54. The van der Waals surface area contributed by atoms with Crippen LogP contribution in [-0.2, 0) is 27.7 Å². The number of piperazine rings is 1. The molecule has 1 aromatic heterocycles. The minimum absolute atomic E-state index is 0.144. The van der Waals surface area contributed by atoms with Gasteiger partial charge in [0.2, 0.25) is 15.9 Å². The molecule has 1 saturated heterocycles. The molecule has 174 valence electrons. The number of nitrogens with zero attached hydrogens (tertiary/aromatic N) is 3. The number of hydrogen-bond donors (Lipinski definition) is 2. The molecule has 11 heteroatoms. The van der Waals surface area contributed by atoms with E-state index in [9.17, 15) is 18.0 Å². The van der Waals surface area contributed by atoms with Crippen molar-refractivity contribution in [2.75, 3.05) is 31.5 Å². The van der Waals surface area contributed by atoms with E-state index < -0.39 is 22.0 Å². The molecule has 4 rings (SSSR count). The van der Waals surface area contributed by atoms with Crippen molar-refractivity contribution in [3.8, 4) is 6.07 Å². The van der Waals surface area contributed by atoms with Gasteiger partial charge in [0.15, 0.2) is 0 Å². The van der Waals surface area contributed by atoms with Crippen molar-refractivity contribution in [3.05, 3.63) is 45.8 Å². The lowest BCUT2D eigenvalue weighted by Gasteiger charge is -2.36. The van der Waals surface area contributed by atoms with Gasteiger partial charge >= 0.3 is 0 Å². The Morgan fingerprint density at radius 3 is 2.42 bits per heavy atom. The van der Waals surface area contributed by atoms with Crippen molar-refractivity contribution < 1.29 is 18.0 Å². The topological polar surface area (TPSA) is 137 Å². The number of nitrogens with two attached hydrogens (primary N) is 1. The van der Waals surface area contributed by atoms with Crippen LogP contribution in [0.5, 0.6) is 0 Å². The second-order valence-corrected chi connectivity index (χ2v) is 11.2. The number of rotatable bonds is 6. The smallest absolute Gasteiger partial charge is 0.251 e. The summed E-state index contributed by atoms with van der Waals surface area (Å²) >= 11 is 1.41. The average molecular weight is 488 g/mol. The number of primary amides is 1. The van der Waals surface area contributed by atoms with Gasteiger partial charge < -0.3 is 11.1 Å². The molecule has 3 N–H and O–H groups in total. The largest absolute Gasteiger partial charge is 0.365 e. The minimum atomic E-state index is -3.67. The summed E-state index contributed by atoms with van der Waals surface area (Å²) in [5.74, 6) is -0.778. The van der Waals surface area contributed by atoms with Gasteiger partial charge in [-0.3, -0.25) is 14.5 Å². The summed E-state index contributed by atoms with van der Waals surface area (Å²) in [5.41, 5.74) is 7.35. The van der Waals surface area contributed by atoms with E-state index in [2.05, 4.69) is 5.32 Å². The molecule has 0 bridgehead atoms. The zero-order valence-electron chi connectivity index (χ0n) is 18.2. The van der Waals surface area contributed by atoms with Crippen molar-refractivity contribution in [3.63, 3.8) is 0 Å². The molecule has 1 fully saturated rings. The zero-order chi connectivity index (χ0) is 23.8. The molecule has 1 aliphatic heterocycles. The molecule has 33 heavy (non-hydrogen) atoms. The fourth-order valence-electron chi connectivity index (χ4n) is 4.32. The van der Waals surface area contributed by atoms with E-state index in [-0.39, 0.29) is 23.9 Å². The van der Waals surface area contributed by atoms with Gasteiger partial charge in [0, 0.05) is 31.1 Å². The average Bonchev–Trinajstić information content (AvgIpc) is 3.39. The number of nitrogens with one attached hydrogen (secondary N) is 1. The normalized spacial score (nSPS) is 17.8. The van der Waals surface area contributed by atoms with Crippen LogP contribution >= 0.6 is 11.3 Å². The summed E-state index contributed by atoms with van der Waals surface area (Å²) in [6.07, 6.45) is 2.67. The maximum Gasteiger partial charge on any atom is 0.251 e. The van der Waals surface area contributed by atoms with Gasteiger partial charge in [-0.05, 0) is 56.0 Å². The Labute approximate surface area is 196 Å². The first-order valence-electron chi connectivity index (χ1n) is 10.7. The number of aryl methyl sites for hydroxylation is 1. The number of sulfonamides is 1. The van der Waals surface area contributed by atoms with Gasteiger partial charge in [-0.25, -0.2) is 8.42 Å². The summed E-state index contributed by atoms with van der Waals surface area (Å²) in [7, 11) is -3.67. The lowest BCUT2D eigenvalue weighted by Crippen LogP contribution is -2.53. The van der Waals surface area contributed by atoms with Crippen molar-refractivity contribution in [1.29, 1.82) is 5.26 Å². The van der Waals surface area contributed by atoms with Gasteiger partial charge in [-0.15, -0.1) is 11.3 Å². The summed E-state index contributed by atoms with van der Waals surface area (Å²) < 4.78 is 27.2. The third kappa shape index (κ3) is 4.52. The lowest BCUT2D eigenvalue weighted by molar-refractivity contribution is -0.121. The Kier molecular flexibility index (Phi) is 6.54. The molecule has 2 aromatic rings. The maximum atomic E-state index is 12.9. The highest BCUT2D eigenvalue weighted by Crippen LogP contribution is 2.39. The highest BCUT2D eigenvalue weighted by Gasteiger charge is 2.33. The van der Waals surface area contributed by atoms with Crippen LogP contribution in [0.1, 0.15) is 39.7 Å². The second kappa shape index (κ2) is 9.23. The first kappa shape index (κ1) is 23.4. The van der Waals surface area contributed by atoms with Gasteiger partial charge in [0.25, 0.3) is 5.91 Å². The van der Waals surface area contributed by atoms with E-state index in [1.54, 1.807) is 6.92 Å². The summed E-state index contributed by atoms with van der Waals surface area (Å²) in [6, 6.07) is 7.31. The monoisotopic (exact) mass is 487 g/mol. The van der Waals surface area contributed by atoms with Crippen LogP contribution in [-0.4, -0.2) is 61.7 Å². The first-order chi connectivity index (χ1) is 15.7. The Balaban J connectivity index is 1.39. The van der Waals surface area contributed by atoms with E-state index in [1.165, 1.54) is 39.9 Å². The van der Waals surface area contributed by atoms with E-state index in [0.717, 1.165) is 29.7 Å². The van der Waals surface area contributed by atoms with E-state index in [0.29, 0.717) is 29.2 Å². The molecular weight excluding hydrogens is 462 g/mol. The van der Waals surface area contributed by atoms with Crippen LogP contribution in [0.15, 0.2) is 29.2 Å². The first-order valence-corrected chi connectivity index (χ1v) is 13.0. The number of nitriles is 1. The molecule has 2 amide bonds. The number of anilines is 1. The van der Waals surface area contributed by atoms with Crippen LogP contribution in [0.3, 0.4) is 0 Å². The van der Waals surface area contributed by atoms with Crippen molar-refractivity contribution in [2.45, 2.75) is 37.1 Å². The molecule has 2 heterocycles. The van der Waals surface area contributed by atoms with Crippen molar-refractivity contribution in [1.82, 2.24) is 9.21 Å². The number of fused-ring (bicyclic) bond motifs is 1. The Morgan fingerprint density at radius 1 is 1.15 bits per heavy atom. The molecule has 1 atom stereocenters. The van der Waals surface area contributed by atoms with E-state index in [4.69, 9.17) is 11.0 Å². The number of carbonyl (C=O) groups excluding carboxylic acids is 2. The minimum Gasteiger partial charge on any atom is -0.365 e. The van der Waals surface area contributed by atoms with Crippen LogP contribution in [0.4, 0.5) is 5.00 Å². The Morgan fingerprint density at radius 2 is 1.82 bits per heavy atom. The fourth-order valence-corrected chi connectivity index (χ4v) is 7.04. The van der Waals surface area contributed by atoms with Gasteiger partial charge in [0.1, 0.15) is 5.00 Å². The van der Waals surface area contributed by atoms with Gasteiger partial charge in [0.05, 0.1) is 28.1 Å². The number of carbonyl (C=O) groups is 2. The maximum absolute atomic E-state index is 12.9. The number of thiophene rings is 1. The SMILES string of the molecule is C[C@H](C(=O)Nc1sc2c(c1C(N)=O)CCC2)N1CCN(S(=O)(=O)c2ccc(C#N)cc2)CC1. The zero-order valence-corrected chi connectivity index (χ0v) is 19.8. The second-order valence-electron chi connectivity index (χ2n) is 8.17. The van der Waals surface area contributed by atoms with Crippen molar-refractivity contribution >= 4 is 38.2 Å². The number of amides is 2. The molecule has 2 aliphatic rings. The molecule has 1 aliphatic carbocycles. The molecular formula is C22H25N5O4S2. The van der Waals surface area contributed by atoms with Crippen LogP contribution in [0.2, 0.25) is 0 Å². The van der Waals surface area contributed by atoms with Gasteiger partial charge in [-0.2, -0.15) is 9.57 Å². The molecule has 1 aromatic carbocycles. The number of hydrogen-bond acceptors (Lipinski definition) is 7. The predicted molar refractivity (Wildman–Crippen MR) is 124 cm³/mol. The van der Waals surface area contributed by atoms with Crippen LogP contribution in [0, 0.1) is 11.3 Å². The third-order valence-corrected chi connectivity index (χ3v) is 9.35. The van der Waals surface area contributed by atoms with Crippen LogP contribution < -0.4 is 11.1 Å². The number of benzene rings is 1. The standard InChI is InChI=1S/C22H25N5O4S2/c1-14(21(29)25-22-19(20(24)28)17-3-2-4-18(17)32-22)26-9-11-27(12-10-26)33(30,31)16-7-5-15(13-23)6-8-16/h5-8,14H,2-4,9-12H2,1H3,(H2,24,28)(H,25,29)/t14-/m1/s1. The highest BCUT2D eigenvalue weighted by atomic mass is 32.2. The fraction of sp³-hybridized carbons (Fsp3) is 0.409. The van der Waals surface area contributed by atoms with Crippen molar-refractivity contribution in [2.24, 2.45) is 5.73 Å². The quantitative estimate of drug-likeness (QED) is 0.634. The van der Waals surface area contributed by atoms with E-state index in [1.807, 2.05) is 11.0 Å². The Bertz CT molecular complexity index is 1220. The third-order valence-electron chi connectivity index (χ3n) is 6.23. The molecule has 0 spiro atoms. The molecule has 0 unspecified atom stereocenters. The molecule has 0 radical (unpaired) electrons. The summed E-state index contributed by atoms with van der Waals surface area (Å²) in [6.45, 7) is 3.06. The van der Waals surface area contributed by atoms with Crippen LogP contribution in [0.25, 0.3) is 0 Å². The van der Waals surface area contributed by atoms with Gasteiger partial charge in [-0.1, -0.05) is 0 Å². The lowest BCUT2D eigenvalue weighted by atomic mass is 10.1. The Hall–Kier alpha value is -2.78. The van der Waals surface area contributed by atoms with E-state index >= 15 is 0 Å². The highest BCUT2D eigenvalue weighted by molar-refractivity contribution is 7.89. The molecule has 9 nitrogen and oxygen atoms in total. The molecule has 0 saturated carbocycles.